The van der Waals surface area contributed by atoms with Crippen molar-refractivity contribution in [2.75, 3.05) is 11.8 Å². The summed E-state index contributed by atoms with van der Waals surface area (Å²) in [7, 11) is -2.43. The van der Waals surface area contributed by atoms with E-state index in [1.807, 2.05) is 0 Å². The molecule has 0 saturated heterocycles. The number of thiophene rings is 1. The maximum atomic E-state index is 12.3. The Bertz CT molecular complexity index is 783. The minimum atomic E-state index is -3.70. The molecule has 112 valence electrons. The molecule has 2 aromatic rings. The number of nitrogens with one attached hydrogen (secondary N) is 1. The number of hydrogen-bond donors (Lipinski definition) is 1. The van der Waals surface area contributed by atoms with Crippen molar-refractivity contribution in [3.63, 3.8) is 0 Å². The van der Waals surface area contributed by atoms with Gasteiger partial charge in [-0.2, -0.15) is 0 Å². The Kier molecular flexibility index (Phi) is 4.70. The molecule has 0 aliphatic carbocycles. The average Bonchev–Trinajstić information content (AvgIpc) is 2.87. The molecule has 0 atom stereocenters. The van der Waals surface area contributed by atoms with E-state index in [0.29, 0.717) is 15.7 Å². The molecular weight excluding hydrogens is 378 g/mol. The number of ether oxygens (including phenoxy) is 1. The van der Waals surface area contributed by atoms with Gasteiger partial charge in [-0.15, -0.1) is 11.3 Å². The van der Waals surface area contributed by atoms with E-state index in [9.17, 15) is 13.2 Å². The van der Waals surface area contributed by atoms with Crippen molar-refractivity contribution in [3.8, 4) is 0 Å². The van der Waals surface area contributed by atoms with E-state index in [1.54, 1.807) is 30.5 Å². The lowest BCUT2D eigenvalue weighted by atomic mass is 10.1. The van der Waals surface area contributed by atoms with Crippen molar-refractivity contribution >= 4 is 48.9 Å². The lowest BCUT2D eigenvalue weighted by Crippen LogP contribution is -2.13. The van der Waals surface area contributed by atoms with Gasteiger partial charge < -0.3 is 4.74 Å². The molecule has 21 heavy (non-hydrogen) atoms. The zero-order valence-corrected chi connectivity index (χ0v) is 14.4. The highest BCUT2D eigenvalue weighted by Crippen LogP contribution is 2.30. The highest BCUT2D eigenvalue weighted by molar-refractivity contribution is 9.10. The van der Waals surface area contributed by atoms with Crippen LogP contribution in [0.4, 0.5) is 5.69 Å². The third-order valence-corrected chi connectivity index (χ3v) is 6.77. The summed E-state index contributed by atoms with van der Waals surface area (Å²) in [6.45, 7) is 1.75. The largest absolute Gasteiger partial charge is 0.465 e. The Morgan fingerprint density at radius 2 is 2.05 bits per heavy atom. The first-order valence-electron chi connectivity index (χ1n) is 5.80. The van der Waals surface area contributed by atoms with Crippen molar-refractivity contribution in [1.29, 1.82) is 0 Å². The summed E-state index contributed by atoms with van der Waals surface area (Å²) in [5, 5.41) is 1.68. The summed E-state index contributed by atoms with van der Waals surface area (Å²) < 4.78 is 32.5. The predicted octanol–water partition coefficient (Wildman–Crippen LogP) is 3.41. The Hall–Kier alpha value is -1.38. The number of carbonyl (C=O) groups is 1. The number of aryl methyl sites for hydroxylation is 1. The van der Waals surface area contributed by atoms with Crippen LogP contribution in [0.3, 0.4) is 0 Å². The van der Waals surface area contributed by atoms with Gasteiger partial charge in [0.25, 0.3) is 10.0 Å². The number of esters is 1. The molecule has 8 heteroatoms. The van der Waals surface area contributed by atoms with Crippen LogP contribution >= 0.6 is 27.3 Å². The van der Waals surface area contributed by atoms with Gasteiger partial charge >= 0.3 is 5.97 Å². The van der Waals surface area contributed by atoms with E-state index in [-0.39, 0.29) is 9.77 Å². The summed E-state index contributed by atoms with van der Waals surface area (Å²) in [6, 6.07) is 6.37. The second kappa shape index (κ2) is 6.17. The number of hydrogen-bond acceptors (Lipinski definition) is 5. The van der Waals surface area contributed by atoms with Gasteiger partial charge in [0.05, 0.1) is 18.4 Å². The summed E-state index contributed by atoms with van der Waals surface area (Å²) in [4.78, 5) is 11.5. The summed E-state index contributed by atoms with van der Waals surface area (Å²) in [5.74, 6) is -0.521. The third-order valence-electron chi connectivity index (χ3n) is 2.73. The highest BCUT2D eigenvalue weighted by Gasteiger charge is 2.20. The Labute approximate surface area is 135 Å². The molecule has 0 spiro atoms. The standard InChI is InChI=1S/C13H12BrNO4S2/c1-8-3-4-9(12(16)19-2)7-11(8)15-21(17,18)13-10(14)5-6-20-13/h3-7,15H,1-2H3. The van der Waals surface area contributed by atoms with Crippen molar-refractivity contribution < 1.29 is 17.9 Å². The third kappa shape index (κ3) is 3.45. The van der Waals surface area contributed by atoms with E-state index in [2.05, 4.69) is 25.4 Å². The van der Waals surface area contributed by atoms with Crippen LogP contribution in [0.2, 0.25) is 0 Å². The van der Waals surface area contributed by atoms with E-state index >= 15 is 0 Å². The normalized spacial score (nSPS) is 11.2. The SMILES string of the molecule is COC(=O)c1ccc(C)c(NS(=O)(=O)c2sccc2Br)c1. The quantitative estimate of drug-likeness (QED) is 0.813. The zero-order valence-electron chi connectivity index (χ0n) is 11.2. The van der Waals surface area contributed by atoms with Crippen LogP contribution in [0, 0.1) is 6.92 Å². The zero-order chi connectivity index (χ0) is 15.6. The maximum Gasteiger partial charge on any atom is 0.337 e. The molecule has 0 bridgehead atoms. The summed E-state index contributed by atoms with van der Waals surface area (Å²) in [6.07, 6.45) is 0. The molecule has 2 rings (SSSR count). The molecule has 0 radical (unpaired) electrons. The average molecular weight is 390 g/mol. The molecule has 1 aromatic carbocycles. The Morgan fingerprint density at radius 1 is 1.33 bits per heavy atom. The number of halogens is 1. The number of anilines is 1. The van der Waals surface area contributed by atoms with Crippen LogP contribution < -0.4 is 4.72 Å². The van der Waals surface area contributed by atoms with Gasteiger partial charge in [-0.1, -0.05) is 6.07 Å². The van der Waals surface area contributed by atoms with Crippen molar-refractivity contribution in [1.82, 2.24) is 0 Å². The van der Waals surface area contributed by atoms with E-state index in [0.717, 1.165) is 11.3 Å². The lowest BCUT2D eigenvalue weighted by molar-refractivity contribution is 0.0601. The Balaban J connectivity index is 2.40. The smallest absolute Gasteiger partial charge is 0.337 e. The fraction of sp³-hybridized carbons (Fsp3) is 0.154. The van der Waals surface area contributed by atoms with Crippen LogP contribution in [-0.2, 0) is 14.8 Å². The Morgan fingerprint density at radius 3 is 2.62 bits per heavy atom. The van der Waals surface area contributed by atoms with Crippen molar-refractivity contribution in [3.05, 3.63) is 45.2 Å². The number of sulfonamides is 1. The number of benzene rings is 1. The predicted molar refractivity (Wildman–Crippen MR) is 85.3 cm³/mol. The first-order valence-corrected chi connectivity index (χ1v) is 8.95. The van der Waals surface area contributed by atoms with Gasteiger partial charge in [-0.25, -0.2) is 13.2 Å². The van der Waals surface area contributed by atoms with Gasteiger partial charge in [-0.05, 0) is 52.0 Å². The summed E-state index contributed by atoms with van der Waals surface area (Å²) in [5.41, 5.74) is 1.34. The minimum Gasteiger partial charge on any atom is -0.465 e. The molecule has 0 saturated carbocycles. The second-order valence-corrected chi connectivity index (χ2v) is 7.83. The molecule has 1 N–H and O–H groups in total. The maximum absolute atomic E-state index is 12.3. The van der Waals surface area contributed by atoms with E-state index in [1.165, 1.54) is 13.2 Å². The van der Waals surface area contributed by atoms with Gasteiger partial charge in [-0.3, -0.25) is 4.72 Å². The monoisotopic (exact) mass is 389 g/mol. The number of methoxy groups -OCH3 is 1. The first-order chi connectivity index (χ1) is 9.85. The van der Waals surface area contributed by atoms with Crippen molar-refractivity contribution in [2.45, 2.75) is 11.1 Å². The fourth-order valence-electron chi connectivity index (χ4n) is 1.64. The topological polar surface area (TPSA) is 72.5 Å². The van der Waals surface area contributed by atoms with Gasteiger partial charge in [0.1, 0.15) is 0 Å². The second-order valence-electron chi connectivity index (χ2n) is 4.18. The highest BCUT2D eigenvalue weighted by atomic mass is 79.9. The number of rotatable bonds is 4. The molecule has 0 unspecified atom stereocenters. The summed E-state index contributed by atoms with van der Waals surface area (Å²) >= 11 is 4.31. The molecule has 5 nitrogen and oxygen atoms in total. The van der Waals surface area contributed by atoms with Crippen LogP contribution in [0.1, 0.15) is 15.9 Å². The van der Waals surface area contributed by atoms with E-state index < -0.39 is 16.0 Å². The molecular formula is C13H12BrNO4S2. The van der Waals surface area contributed by atoms with Gasteiger partial charge in [0.15, 0.2) is 4.21 Å². The van der Waals surface area contributed by atoms with Gasteiger partial charge in [0, 0.05) is 4.47 Å². The molecule has 0 aliphatic heterocycles. The van der Waals surface area contributed by atoms with Crippen LogP contribution in [0.25, 0.3) is 0 Å². The first kappa shape index (κ1) is 16.0. The van der Waals surface area contributed by atoms with Crippen LogP contribution in [-0.4, -0.2) is 21.5 Å². The molecule has 1 heterocycles. The lowest BCUT2D eigenvalue weighted by Gasteiger charge is -2.11. The van der Waals surface area contributed by atoms with Crippen LogP contribution in [0.5, 0.6) is 0 Å². The van der Waals surface area contributed by atoms with Gasteiger partial charge in [0.2, 0.25) is 0 Å². The molecule has 1 aromatic heterocycles. The molecule has 0 aliphatic rings. The van der Waals surface area contributed by atoms with Crippen LogP contribution in [0.15, 0.2) is 38.3 Å². The minimum absolute atomic E-state index is 0.186. The van der Waals surface area contributed by atoms with E-state index in [4.69, 9.17) is 0 Å². The fourth-order valence-corrected chi connectivity index (χ4v) is 5.10. The molecule has 0 fully saturated rings. The molecule has 0 amide bonds. The number of carbonyl (C=O) groups excluding carboxylic acids is 1. The van der Waals surface area contributed by atoms with Crippen molar-refractivity contribution in [2.24, 2.45) is 0 Å².